The van der Waals surface area contributed by atoms with Gasteiger partial charge in [0.05, 0.1) is 6.10 Å². The van der Waals surface area contributed by atoms with Crippen LogP contribution in [-0.2, 0) is 4.74 Å². The van der Waals surface area contributed by atoms with Crippen molar-refractivity contribution in [1.82, 2.24) is 20.7 Å². The number of nitrogens with one attached hydrogen (secondary N) is 2. The summed E-state index contributed by atoms with van der Waals surface area (Å²) in [5, 5.41) is 5.49. The molecule has 0 radical (unpaired) electrons. The predicted molar refractivity (Wildman–Crippen MR) is 148 cm³/mol. The van der Waals surface area contributed by atoms with Crippen molar-refractivity contribution >= 4 is 6.21 Å². The van der Waals surface area contributed by atoms with Crippen molar-refractivity contribution in [2.24, 2.45) is 16.8 Å². The number of piperidine rings is 1. The van der Waals surface area contributed by atoms with Crippen molar-refractivity contribution in [3.8, 4) is 0 Å². The molecule has 3 aliphatic rings. The first-order valence-electron chi connectivity index (χ1n) is 13.6. The number of nitrogens with zero attached hydrogens (tertiary/aromatic N) is 3. The number of allylic oxidation sites excluding steroid dienone is 5. The molecule has 0 aromatic rings. The van der Waals surface area contributed by atoms with Gasteiger partial charge in [-0.1, -0.05) is 31.2 Å². The summed E-state index contributed by atoms with van der Waals surface area (Å²) in [6, 6.07) is 0. The Hall–Kier alpha value is -2.15. The molecule has 2 N–H and O–H groups in total. The van der Waals surface area contributed by atoms with Gasteiger partial charge in [-0.05, 0) is 75.9 Å². The fraction of sp³-hybridized carbons (Fsp3) is 0.621. The zero-order valence-electron chi connectivity index (χ0n) is 22.4. The Morgan fingerprint density at radius 1 is 1.31 bits per heavy atom. The molecule has 2 heterocycles. The van der Waals surface area contributed by atoms with E-state index in [1.807, 2.05) is 13.2 Å². The summed E-state index contributed by atoms with van der Waals surface area (Å²) in [5.74, 6) is 1.16. The second-order valence-electron chi connectivity index (χ2n) is 9.58. The molecule has 0 amide bonds. The summed E-state index contributed by atoms with van der Waals surface area (Å²) in [6.07, 6.45) is 25.4. The Morgan fingerprint density at radius 3 is 2.86 bits per heavy atom. The summed E-state index contributed by atoms with van der Waals surface area (Å²) >= 11 is 0. The largest absolute Gasteiger partial charge is 0.394 e. The van der Waals surface area contributed by atoms with Crippen LogP contribution in [0.5, 0.6) is 0 Å². The van der Waals surface area contributed by atoms with E-state index in [2.05, 4.69) is 82.3 Å². The quantitative estimate of drug-likeness (QED) is 0.380. The van der Waals surface area contributed by atoms with Crippen LogP contribution in [0.15, 0.2) is 64.7 Å². The molecule has 194 valence electrons. The molecule has 3 rings (SSSR count). The van der Waals surface area contributed by atoms with E-state index in [-0.39, 0.29) is 6.10 Å². The van der Waals surface area contributed by atoms with Gasteiger partial charge >= 0.3 is 0 Å². The highest BCUT2D eigenvalue weighted by Crippen LogP contribution is 2.31. The molecule has 0 aromatic carbocycles. The van der Waals surface area contributed by atoms with Gasteiger partial charge in [0, 0.05) is 69.8 Å². The lowest BCUT2D eigenvalue weighted by Crippen LogP contribution is -2.46. The van der Waals surface area contributed by atoms with Crippen LogP contribution in [0.3, 0.4) is 0 Å². The number of hydrazine groups is 1. The average molecular weight is 482 g/mol. The molecule has 0 aromatic heterocycles. The zero-order chi connectivity index (χ0) is 24.9. The van der Waals surface area contributed by atoms with E-state index in [9.17, 15) is 0 Å². The second kappa shape index (κ2) is 15.1. The minimum atomic E-state index is 0.0942. The van der Waals surface area contributed by atoms with E-state index in [1.165, 1.54) is 29.8 Å². The molecular weight excluding hydrogens is 434 g/mol. The van der Waals surface area contributed by atoms with Gasteiger partial charge in [-0.15, -0.1) is 0 Å². The van der Waals surface area contributed by atoms with Crippen LogP contribution >= 0.6 is 0 Å². The Balaban J connectivity index is 1.50. The molecule has 2 aliphatic heterocycles. The highest BCUT2D eigenvalue weighted by molar-refractivity contribution is 5.63. The zero-order valence-corrected chi connectivity index (χ0v) is 22.4. The minimum absolute atomic E-state index is 0.0942. The van der Waals surface area contributed by atoms with Crippen molar-refractivity contribution in [3.63, 3.8) is 0 Å². The summed E-state index contributed by atoms with van der Waals surface area (Å²) < 4.78 is 5.56. The maximum Gasteiger partial charge on any atom is 0.0803 e. The molecule has 0 spiro atoms. The molecule has 6 heteroatoms. The van der Waals surface area contributed by atoms with Crippen molar-refractivity contribution in [2.75, 3.05) is 40.3 Å². The molecule has 1 saturated heterocycles. The Morgan fingerprint density at radius 2 is 2.14 bits per heavy atom. The van der Waals surface area contributed by atoms with E-state index in [4.69, 9.17) is 4.74 Å². The molecule has 2 atom stereocenters. The number of hydrogen-bond acceptors (Lipinski definition) is 6. The SMILES string of the molecule is CC/C=C(/C1CCN(NCC2CC=NC3=C2C=CCC3)CC1)N(/C=C/CC(/C=C/NC)OC)CC. The van der Waals surface area contributed by atoms with Crippen molar-refractivity contribution in [3.05, 3.63) is 59.7 Å². The summed E-state index contributed by atoms with van der Waals surface area (Å²) in [6.45, 7) is 8.67. The lowest BCUT2D eigenvalue weighted by molar-refractivity contribution is 0.121. The highest BCUT2D eigenvalue weighted by Gasteiger charge is 2.26. The lowest BCUT2D eigenvalue weighted by Gasteiger charge is -2.37. The normalized spacial score (nSPS) is 22.9. The third kappa shape index (κ3) is 8.19. The Kier molecular flexibility index (Phi) is 11.8. The Bertz CT molecular complexity index is 817. The standard InChI is InChI=1S/C29H47N5O/c1-5-10-29(33(6-2)20-9-11-26(35-4)15-18-30-3)24-16-21-34(22-17-24)32-23-25-14-19-31-28-13-8-7-12-27(25)28/h7,9-10,12,15,18-20,24-26,30,32H,5-6,8,11,13-14,16-17,21-23H2,1-4H3/b18-15+,20-9+,29-10-. The van der Waals surface area contributed by atoms with Gasteiger partial charge in [0.1, 0.15) is 0 Å². The monoisotopic (exact) mass is 481 g/mol. The fourth-order valence-electron chi connectivity index (χ4n) is 5.25. The van der Waals surface area contributed by atoms with Crippen LogP contribution in [0.25, 0.3) is 0 Å². The minimum Gasteiger partial charge on any atom is -0.394 e. The molecule has 1 fully saturated rings. The van der Waals surface area contributed by atoms with Gasteiger partial charge in [0.15, 0.2) is 0 Å². The van der Waals surface area contributed by atoms with Crippen LogP contribution in [0.1, 0.15) is 58.8 Å². The molecule has 2 unspecified atom stereocenters. The number of methoxy groups -OCH3 is 1. The van der Waals surface area contributed by atoms with Gasteiger partial charge in [0.2, 0.25) is 0 Å². The van der Waals surface area contributed by atoms with E-state index < -0.39 is 0 Å². The van der Waals surface area contributed by atoms with Crippen LogP contribution in [-0.4, -0.2) is 62.6 Å². The number of aliphatic imine (C=N–C) groups is 1. The van der Waals surface area contributed by atoms with Gasteiger partial charge in [-0.3, -0.25) is 10.4 Å². The molecule has 35 heavy (non-hydrogen) atoms. The van der Waals surface area contributed by atoms with Gasteiger partial charge in [-0.25, -0.2) is 5.01 Å². The van der Waals surface area contributed by atoms with E-state index in [1.54, 1.807) is 7.11 Å². The van der Waals surface area contributed by atoms with Gasteiger partial charge in [0.25, 0.3) is 0 Å². The van der Waals surface area contributed by atoms with Crippen molar-refractivity contribution in [1.29, 1.82) is 0 Å². The molecule has 0 bridgehead atoms. The van der Waals surface area contributed by atoms with Crippen LogP contribution in [0.2, 0.25) is 0 Å². The van der Waals surface area contributed by atoms with Gasteiger partial charge < -0.3 is 15.0 Å². The van der Waals surface area contributed by atoms with Crippen molar-refractivity contribution < 1.29 is 4.74 Å². The molecule has 1 aliphatic carbocycles. The third-order valence-corrected chi connectivity index (χ3v) is 7.25. The maximum absolute atomic E-state index is 5.56. The first kappa shape index (κ1) is 27.4. The van der Waals surface area contributed by atoms with Crippen LogP contribution in [0.4, 0.5) is 0 Å². The maximum atomic E-state index is 5.56. The number of rotatable bonds is 13. The average Bonchev–Trinajstić information content (AvgIpc) is 2.91. The molecule has 6 nitrogen and oxygen atoms in total. The fourth-order valence-corrected chi connectivity index (χ4v) is 5.25. The number of ether oxygens (including phenoxy) is 1. The smallest absolute Gasteiger partial charge is 0.0803 e. The predicted octanol–water partition coefficient (Wildman–Crippen LogP) is 5.17. The van der Waals surface area contributed by atoms with Crippen LogP contribution in [0, 0.1) is 11.8 Å². The van der Waals surface area contributed by atoms with E-state index in [0.717, 1.165) is 58.3 Å². The first-order chi connectivity index (χ1) is 17.2. The number of hydrogen-bond donors (Lipinski definition) is 2. The van der Waals surface area contributed by atoms with Crippen LogP contribution < -0.4 is 10.7 Å². The third-order valence-electron chi connectivity index (χ3n) is 7.25. The van der Waals surface area contributed by atoms with Crippen molar-refractivity contribution in [2.45, 2.75) is 64.9 Å². The molecule has 0 saturated carbocycles. The summed E-state index contributed by atoms with van der Waals surface area (Å²) in [4.78, 5) is 7.09. The second-order valence-corrected chi connectivity index (χ2v) is 9.58. The summed E-state index contributed by atoms with van der Waals surface area (Å²) in [7, 11) is 3.68. The molecular formula is C29H47N5O. The van der Waals surface area contributed by atoms with E-state index in [0.29, 0.717) is 11.8 Å². The van der Waals surface area contributed by atoms with E-state index >= 15 is 0 Å². The highest BCUT2D eigenvalue weighted by atomic mass is 16.5. The first-order valence-corrected chi connectivity index (χ1v) is 13.6. The topological polar surface area (TPSA) is 52.1 Å². The van der Waals surface area contributed by atoms with Gasteiger partial charge in [-0.2, -0.15) is 0 Å². The summed E-state index contributed by atoms with van der Waals surface area (Å²) in [5.41, 5.74) is 8.00. The lowest BCUT2D eigenvalue weighted by atomic mass is 9.88. The Labute approximate surface area is 213 Å².